The van der Waals surface area contributed by atoms with Gasteiger partial charge < -0.3 is 0 Å². The summed E-state index contributed by atoms with van der Waals surface area (Å²) in [5, 5.41) is 1.69. The molecule has 0 aliphatic heterocycles. The minimum absolute atomic E-state index is 0. The topological polar surface area (TPSA) is 34.1 Å². The van der Waals surface area contributed by atoms with E-state index in [1.165, 1.54) is 0 Å². The SMILES string of the molecule is C=CS(=O)(=O)C=C.[Ti]. The van der Waals surface area contributed by atoms with Gasteiger partial charge in [-0.2, -0.15) is 0 Å². The van der Waals surface area contributed by atoms with Gasteiger partial charge in [0, 0.05) is 32.5 Å². The molecule has 0 aromatic heterocycles. The van der Waals surface area contributed by atoms with Crippen LogP contribution in [0.5, 0.6) is 0 Å². The first-order chi connectivity index (χ1) is 3.12. The van der Waals surface area contributed by atoms with Crippen LogP contribution in [0.2, 0.25) is 0 Å². The molecular formula is C4H6O2STi. The van der Waals surface area contributed by atoms with Crippen molar-refractivity contribution in [1.29, 1.82) is 0 Å². The number of hydrogen-bond donors (Lipinski definition) is 0. The second-order valence-electron chi connectivity index (χ2n) is 0.922. The van der Waals surface area contributed by atoms with Gasteiger partial charge in [-0.1, -0.05) is 13.2 Å². The van der Waals surface area contributed by atoms with E-state index in [0.717, 1.165) is 10.8 Å². The van der Waals surface area contributed by atoms with Crippen LogP contribution in [0, 0.1) is 0 Å². The van der Waals surface area contributed by atoms with E-state index in [2.05, 4.69) is 13.2 Å². The Morgan fingerprint density at radius 3 is 1.38 bits per heavy atom. The molecule has 0 fully saturated rings. The first-order valence-electron chi connectivity index (χ1n) is 1.62. The van der Waals surface area contributed by atoms with Crippen LogP contribution < -0.4 is 0 Å². The molecule has 0 amide bonds. The summed E-state index contributed by atoms with van der Waals surface area (Å²) in [5.74, 6) is 0. The van der Waals surface area contributed by atoms with Gasteiger partial charge in [0.2, 0.25) is 0 Å². The Balaban J connectivity index is 0. The Bertz CT molecular complexity index is 154. The maximum absolute atomic E-state index is 10.1. The zero-order chi connectivity index (χ0) is 5.91. The second kappa shape index (κ2) is 4.07. The van der Waals surface area contributed by atoms with Gasteiger partial charge >= 0.3 is 0 Å². The van der Waals surface area contributed by atoms with Crippen molar-refractivity contribution in [3.63, 3.8) is 0 Å². The minimum atomic E-state index is -3.13. The van der Waals surface area contributed by atoms with Gasteiger partial charge in [0.1, 0.15) is 0 Å². The van der Waals surface area contributed by atoms with Crippen molar-refractivity contribution in [3.8, 4) is 0 Å². The van der Waals surface area contributed by atoms with Gasteiger partial charge in [-0.3, -0.25) is 0 Å². The summed E-state index contributed by atoms with van der Waals surface area (Å²) in [5.41, 5.74) is 0. The Hall–Kier alpha value is 0.144. The molecule has 44 valence electrons. The fourth-order valence-corrected chi connectivity index (χ4v) is 0.204. The Kier molecular flexibility index (Phi) is 5.60. The second-order valence-corrected chi connectivity index (χ2v) is 2.77. The molecule has 0 radical (unpaired) electrons. The van der Waals surface area contributed by atoms with Crippen LogP contribution >= 0.6 is 0 Å². The predicted molar refractivity (Wildman–Crippen MR) is 29.3 cm³/mol. The third-order valence-electron chi connectivity index (χ3n) is 0.465. The summed E-state index contributed by atoms with van der Waals surface area (Å²) in [4.78, 5) is 0. The van der Waals surface area contributed by atoms with E-state index in [1.54, 1.807) is 0 Å². The summed E-state index contributed by atoms with van der Waals surface area (Å²) >= 11 is 0. The van der Waals surface area contributed by atoms with Crippen molar-refractivity contribution < 1.29 is 30.1 Å². The average molecular weight is 166 g/mol. The molecule has 0 N–H and O–H groups in total. The molecule has 0 unspecified atom stereocenters. The van der Waals surface area contributed by atoms with Crippen molar-refractivity contribution in [3.05, 3.63) is 24.0 Å². The van der Waals surface area contributed by atoms with Crippen LogP contribution in [0.1, 0.15) is 0 Å². The monoisotopic (exact) mass is 166 g/mol. The van der Waals surface area contributed by atoms with Gasteiger partial charge in [-0.05, 0) is 0 Å². The molecule has 4 heteroatoms. The van der Waals surface area contributed by atoms with Gasteiger partial charge in [0.15, 0.2) is 9.84 Å². The van der Waals surface area contributed by atoms with Crippen molar-refractivity contribution in [2.75, 3.05) is 0 Å². The van der Waals surface area contributed by atoms with Gasteiger partial charge in [0.25, 0.3) is 0 Å². The molecule has 0 heterocycles. The predicted octanol–water partition coefficient (Wildman–Crippen LogP) is 0.686. The zero-order valence-corrected chi connectivity index (χ0v) is 6.67. The number of sulfone groups is 1. The summed E-state index contributed by atoms with van der Waals surface area (Å²) in [7, 11) is -3.13. The average Bonchev–Trinajstić information content (AvgIpc) is 1.68. The summed E-state index contributed by atoms with van der Waals surface area (Å²) in [6.45, 7) is 6.09. The molecule has 0 aliphatic rings. The van der Waals surface area contributed by atoms with Gasteiger partial charge in [0.05, 0.1) is 0 Å². The molecule has 0 aromatic rings. The molecule has 0 aliphatic carbocycles. The smallest absolute Gasteiger partial charge is 0.191 e. The molecule has 0 atom stereocenters. The Labute approximate surface area is 64.1 Å². The first kappa shape index (κ1) is 11.0. The van der Waals surface area contributed by atoms with Crippen LogP contribution in [-0.2, 0) is 31.6 Å². The van der Waals surface area contributed by atoms with Crippen LogP contribution in [0.25, 0.3) is 0 Å². The molecule has 2 nitrogen and oxygen atoms in total. The largest absolute Gasteiger partial charge is 0.220 e. The molecule has 0 spiro atoms. The Morgan fingerprint density at radius 1 is 1.12 bits per heavy atom. The number of rotatable bonds is 2. The van der Waals surface area contributed by atoms with Crippen molar-refractivity contribution in [2.24, 2.45) is 0 Å². The van der Waals surface area contributed by atoms with E-state index >= 15 is 0 Å². The van der Waals surface area contributed by atoms with E-state index in [1.807, 2.05) is 0 Å². The van der Waals surface area contributed by atoms with Crippen LogP contribution in [0.3, 0.4) is 0 Å². The van der Waals surface area contributed by atoms with Crippen molar-refractivity contribution in [2.45, 2.75) is 0 Å². The number of hydrogen-bond acceptors (Lipinski definition) is 2. The molecule has 0 bridgehead atoms. The molecule has 0 saturated carbocycles. The quantitative estimate of drug-likeness (QED) is 0.565. The Morgan fingerprint density at radius 2 is 1.38 bits per heavy atom. The molecule has 0 rings (SSSR count). The maximum atomic E-state index is 10.1. The molecule has 8 heavy (non-hydrogen) atoms. The van der Waals surface area contributed by atoms with E-state index in [0.29, 0.717) is 0 Å². The fourth-order valence-electron chi connectivity index (χ4n) is 0.0680. The molecular weight excluding hydrogens is 160 g/mol. The maximum Gasteiger partial charge on any atom is 0.191 e. The third-order valence-corrected chi connectivity index (χ3v) is 1.39. The van der Waals surface area contributed by atoms with Crippen LogP contribution in [0.4, 0.5) is 0 Å². The van der Waals surface area contributed by atoms with Crippen LogP contribution in [0.15, 0.2) is 24.0 Å². The standard InChI is InChI=1S/C4H6O2S.Ti/c1-3-7(5,6)4-2;/h3-4H,1-2H2;. The third kappa shape index (κ3) is 4.31. The molecule has 0 aromatic carbocycles. The van der Waals surface area contributed by atoms with Gasteiger partial charge in [-0.25, -0.2) is 8.42 Å². The van der Waals surface area contributed by atoms with Crippen molar-refractivity contribution >= 4 is 9.84 Å². The summed E-state index contributed by atoms with van der Waals surface area (Å²) < 4.78 is 20.3. The van der Waals surface area contributed by atoms with E-state index in [9.17, 15) is 8.42 Å². The fraction of sp³-hybridized carbons (Fsp3) is 0. The van der Waals surface area contributed by atoms with Crippen LogP contribution in [-0.4, -0.2) is 8.42 Å². The summed E-state index contributed by atoms with van der Waals surface area (Å²) in [6.07, 6.45) is 0. The minimum Gasteiger partial charge on any atom is -0.220 e. The zero-order valence-electron chi connectivity index (χ0n) is 4.29. The van der Waals surface area contributed by atoms with E-state index in [-0.39, 0.29) is 21.7 Å². The first-order valence-corrected chi connectivity index (χ1v) is 3.23. The van der Waals surface area contributed by atoms with Gasteiger partial charge in [-0.15, -0.1) is 0 Å². The van der Waals surface area contributed by atoms with E-state index < -0.39 is 9.84 Å². The molecule has 0 saturated heterocycles. The summed E-state index contributed by atoms with van der Waals surface area (Å²) in [6, 6.07) is 0. The van der Waals surface area contributed by atoms with Crippen molar-refractivity contribution in [1.82, 2.24) is 0 Å². The normalized spacial score (nSPS) is 9.00. The van der Waals surface area contributed by atoms with E-state index in [4.69, 9.17) is 0 Å².